The number of rotatable bonds is 1. The summed E-state index contributed by atoms with van der Waals surface area (Å²) in [5.74, 6) is 0. The third kappa shape index (κ3) is 1.90. The van der Waals surface area contributed by atoms with E-state index in [1.807, 2.05) is 0 Å². The molecule has 0 saturated heterocycles. The third-order valence-electron chi connectivity index (χ3n) is 0.432. The maximum atomic E-state index is 11.1. The molecular weight excluding hydrogens is 128 g/mol. The Balaban J connectivity index is 3.80. The van der Waals surface area contributed by atoms with Crippen LogP contribution in [0.15, 0.2) is 0 Å². The minimum atomic E-state index is -5.03. The van der Waals surface area contributed by atoms with Gasteiger partial charge in [0.15, 0.2) is 6.29 Å². The van der Waals surface area contributed by atoms with Gasteiger partial charge in [-0.1, -0.05) is 0 Å². The molecule has 0 amide bonds. The zero-order valence-corrected chi connectivity index (χ0v) is 3.57. The largest absolute Gasteiger partial charge is 0.426 e. The van der Waals surface area contributed by atoms with Gasteiger partial charge in [0, 0.05) is 0 Å². The lowest BCUT2D eigenvalue weighted by molar-refractivity contribution is -0.178. The van der Waals surface area contributed by atoms with Gasteiger partial charge in [-0.25, -0.2) is 4.39 Å². The minimum absolute atomic E-state index is 0.792. The minimum Gasteiger partial charge on any atom is -0.300 e. The summed E-state index contributed by atoms with van der Waals surface area (Å²) < 4.78 is 43.7. The van der Waals surface area contributed by atoms with Crippen LogP contribution in [0.2, 0.25) is 0 Å². The van der Waals surface area contributed by atoms with E-state index in [1.165, 1.54) is 0 Å². The number of alkyl halides is 4. The summed E-state index contributed by atoms with van der Waals surface area (Å²) in [6.45, 7) is 0. The molecule has 0 radical (unpaired) electrons. The highest BCUT2D eigenvalue weighted by Gasteiger charge is 2.39. The van der Waals surface area contributed by atoms with Crippen LogP contribution in [0.25, 0.3) is 0 Å². The van der Waals surface area contributed by atoms with Crippen LogP contribution in [-0.2, 0) is 4.79 Å². The van der Waals surface area contributed by atoms with Gasteiger partial charge in [-0.2, -0.15) is 13.2 Å². The maximum absolute atomic E-state index is 11.1. The highest BCUT2D eigenvalue weighted by molar-refractivity contribution is 5.56. The Kier molecular flexibility index (Phi) is 1.94. The van der Waals surface area contributed by atoms with Crippen molar-refractivity contribution in [1.82, 2.24) is 0 Å². The molecule has 0 aromatic heterocycles. The van der Waals surface area contributed by atoms with Gasteiger partial charge >= 0.3 is 6.18 Å². The van der Waals surface area contributed by atoms with E-state index in [4.69, 9.17) is 4.79 Å². The van der Waals surface area contributed by atoms with E-state index >= 15 is 0 Å². The molecule has 0 aromatic carbocycles. The number of hydrogen-bond acceptors (Lipinski definition) is 1. The summed E-state index contributed by atoms with van der Waals surface area (Å²) in [6.07, 6.45) is -9.15. The molecule has 0 fully saturated rings. The lowest BCUT2D eigenvalue weighted by Gasteiger charge is -2.02. The van der Waals surface area contributed by atoms with Crippen LogP contribution in [0, 0.1) is 0 Å². The van der Waals surface area contributed by atoms with E-state index in [1.54, 1.807) is 0 Å². The van der Waals surface area contributed by atoms with E-state index in [2.05, 4.69) is 0 Å². The molecular formula is C3H2F4O. The van der Waals surface area contributed by atoms with Crippen molar-refractivity contribution in [2.45, 2.75) is 12.3 Å². The summed E-state index contributed by atoms with van der Waals surface area (Å²) in [5, 5.41) is 0. The van der Waals surface area contributed by atoms with Gasteiger partial charge in [0.05, 0.1) is 0 Å². The fraction of sp³-hybridized carbons (Fsp3) is 0.667. The number of hydrogen-bond donors (Lipinski definition) is 0. The standard InChI is InChI=1S/C3H2F4O/c4-2(1-8)3(5,6)7/h1-2H/t2-/m1/s1. The van der Waals surface area contributed by atoms with Gasteiger partial charge in [-0.15, -0.1) is 0 Å². The van der Waals surface area contributed by atoms with Crippen molar-refractivity contribution in [3.63, 3.8) is 0 Å². The highest BCUT2D eigenvalue weighted by Crippen LogP contribution is 2.20. The van der Waals surface area contributed by atoms with Crippen molar-refractivity contribution >= 4 is 6.29 Å². The van der Waals surface area contributed by atoms with Crippen molar-refractivity contribution in [3.8, 4) is 0 Å². The van der Waals surface area contributed by atoms with Crippen molar-refractivity contribution in [3.05, 3.63) is 0 Å². The lowest BCUT2D eigenvalue weighted by Crippen LogP contribution is -2.25. The SMILES string of the molecule is O=C[C@@H](F)C(F)(F)F. The smallest absolute Gasteiger partial charge is 0.300 e. The molecule has 0 bridgehead atoms. The summed E-state index contributed by atoms with van der Waals surface area (Å²) >= 11 is 0. The van der Waals surface area contributed by atoms with Crippen molar-refractivity contribution in [2.75, 3.05) is 0 Å². The normalized spacial score (nSPS) is 15.5. The molecule has 0 N–H and O–H groups in total. The van der Waals surface area contributed by atoms with Crippen LogP contribution in [0.1, 0.15) is 0 Å². The Morgan fingerprint density at radius 2 is 1.75 bits per heavy atom. The second-order valence-corrected chi connectivity index (χ2v) is 1.08. The Morgan fingerprint density at radius 3 is 1.75 bits per heavy atom. The van der Waals surface area contributed by atoms with Gasteiger partial charge in [0.25, 0.3) is 0 Å². The molecule has 0 aromatic rings. The fourth-order valence-electron chi connectivity index (χ4n) is 0.0772. The van der Waals surface area contributed by atoms with E-state index < -0.39 is 18.6 Å². The average Bonchev–Trinajstić information content (AvgIpc) is 1.62. The van der Waals surface area contributed by atoms with E-state index in [9.17, 15) is 17.6 Å². The molecule has 1 nitrogen and oxygen atoms in total. The first kappa shape index (κ1) is 7.39. The first-order valence-corrected chi connectivity index (χ1v) is 1.64. The van der Waals surface area contributed by atoms with Gasteiger partial charge in [-0.05, 0) is 0 Å². The van der Waals surface area contributed by atoms with Crippen LogP contribution < -0.4 is 0 Å². The quantitative estimate of drug-likeness (QED) is 0.383. The molecule has 1 atom stereocenters. The van der Waals surface area contributed by atoms with E-state index in [0.717, 1.165) is 0 Å². The molecule has 0 saturated carbocycles. The lowest BCUT2D eigenvalue weighted by atomic mass is 10.4. The zero-order valence-electron chi connectivity index (χ0n) is 3.57. The first-order chi connectivity index (χ1) is 3.48. The van der Waals surface area contributed by atoms with Crippen LogP contribution in [0.3, 0.4) is 0 Å². The van der Waals surface area contributed by atoms with Crippen LogP contribution in [0.4, 0.5) is 17.6 Å². The molecule has 0 aliphatic rings. The molecule has 0 aliphatic heterocycles. The van der Waals surface area contributed by atoms with E-state index in [-0.39, 0.29) is 0 Å². The predicted molar refractivity (Wildman–Crippen MR) is 17.0 cm³/mol. The fourth-order valence-corrected chi connectivity index (χ4v) is 0.0772. The molecule has 0 rings (SSSR count). The highest BCUT2D eigenvalue weighted by atomic mass is 19.4. The monoisotopic (exact) mass is 130 g/mol. The number of halogens is 4. The Labute approximate surface area is 42.3 Å². The number of carbonyl (C=O) groups is 1. The van der Waals surface area contributed by atoms with Crippen molar-refractivity contribution < 1.29 is 22.4 Å². The predicted octanol–water partition coefficient (Wildman–Crippen LogP) is 1.09. The van der Waals surface area contributed by atoms with Gasteiger partial charge in [0.2, 0.25) is 6.17 Å². The second kappa shape index (κ2) is 2.11. The summed E-state index contributed by atoms with van der Waals surface area (Å²) in [6, 6.07) is 0. The second-order valence-electron chi connectivity index (χ2n) is 1.08. The average molecular weight is 130 g/mol. The van der Waals surface area contributed by atoms with Crippen LogP contribution in [0.5, 0.6) is 0 Å². The zero-order chi connectivity index (χ0) is 6.78. The third-order valence-corrected chi connectivity index (χ3v) is 0.432. The van der Waals surface area contributed by atoms with Gasteiger partial charge < -0.3 is 0 Å². The maximum Gasteiger partial charge on any atom is 0.426 e. The molecule has 0 unspecified atom stereocenters. The van der Waals surface area contributed by atoms with Gasteiger partial charge in [-0.3, -0.25) is 4.79 Å². The summed E-state index contributed by atoms with van der Waals surface area (Å²) in [4.78, 5) is 9.06. The summed E-state index contributed by atoms with van der Waals surface area (Å²) in [5.41, 5.74) is 0. The Hall–Kier alpha value is -0.610. The summed E-state index contributed by atoms with van der Waals surface area (Å²) in [7, 11) is 0. The Bertz CT molecular complexity index is 85.8. The number of aldehydes is 1. The number of carbonyl (C=O) groups excluding carboxylic acids is 1. The molecule has 48 valence electrons. The van der Waals surface area contributed by atoms with Crippen LogP contribution >= 0.6 is 0 Å². The Morgan fingerprint density at radius 1 is 1.38 bits per heavy atom. The molecule has 0 heterocycles. The van der Waals surface area contributed by atoms with Gasteiger partial charge in [0.1, 0.15) is 0 Å². The van der Waals surface area contributed by atoms with Crippen molar-refractivity contribution in [2.24, 2.45) is 0 Å². The molecule has 8 heavy (non-hydrogen) atoms. The topological polar surface area (TPSA) is 17.1 Å². The van der Waals surface area contributed by atoms with Crippen molar-refractivity contribution in [1.29, 1.82) is 0 Å². The van der Waals surface area contributed by atoms with Crippen LogP contribution in [-0.4, -0.2) is 18.6 Å². The molecule has 0 spiro atoms. The molecule has 0 aliphatic carbocycles. The first-order valence-electron chi connectivity index (χ1n) is 1.64. The molecule has 5 heteroatoms. The van der Waals surface area contributed by atoms with E-state index in [0.29, 0.717) is 0 Å².